The average Bonchev–Trinajstić information content (AvgIpc) is 3.21. The van der Waals surface area contributed by atoms with Crippen LogP contribution in [0.1, 0.15) is 17.3 Å². The monoisotopic (exact) mass is 509 g/mol. The van der Waals surface area contributed by atoms with Gasteiger partial charge < -0.3 is 10.1 Å². The summed E-state index contributed by atoms with van der Waals surface area (Å²) in [5, 5.41) is 13.2. The number of nitrogens with one attached hydrogen (secondary N) is 2. The second-order valence-electron chi connectivity index (χ2n) is 6.58. The van der Waals surface area contributed by atoms with Crippen molar-refractivity contribution in [1.82, 2.24) is 0 Å². The van der Waals surface area contributed by atoms with Gasteiger partial charge in [-0.2, -0.15) is 0 Å². The minimum Gasteiger partial charge on any atom is -0.449 e. The van der Waals surface area contributed by atoms with Crippen molar-refractivity contribution < 1.29 is 27.7 Å². The predicted molar refractivity (Wildman–Crippen MR) is 123 cm³/mol. The largest absolute Gasteiger partial charge is 0.449 e. The third-order valence-corrected chi connectivity index (χ3v) is 7.29. The van der Waals surface area contributed by atoms with Crippen molar-refractivity contribution in [1.29, 1.82) is 0 Å². The van der Waals surface area contributed by atoms with Crippen molar-refractivity contribution in [3.63, 3.8) is 0 Å². The summed E-state index contributed by atoms with van der Waals surface area (Å²) >= 11 is 6.68. The molecule has 2 N–H and O–H groups in total. The molecule has 0 bridgehead atoms. The number of carbonyl (C=O) groups excluding carboxylic acids is 2. The minimum atomic E-state index is -3.82. The summed E-state index contributed by atoms with van der Waals surface area (Å²) < 4.78 is 32.5. The molecule has 1 aromatic heterocycles. The van der Waals surface area contributed by atoms with E-state index in [1.54, 1.807) is 0 Å². The van der Waals surface area contributed by atoms with E-state index in [0.29, 0.717) is 10.0 Å². The number of hydrogen-bond acceptors (Lipinski definition) is 8. The van der Waals surface area contributed by atoms with Crippen LogP contribution in [0.4, 0.5) is 17.1 Å². The van der Waals surface area contributed by atoms with Crippen molar-refractivity contribution in [3.05, 3.63) is 80.7 Å². The number of benzene rings is 2. The van der Waals surface area contributed by atoms with Crippen molar-refractivity contribution >= 4 is 61.9 Å². The molecule has 10 nitrogen and oxygen atoms in total. The van der Waals surface area contributed by atoms with E-state index in [0.717, 1.165) is 11.3 Å². The van der Waals surface area contributed by atoms with E-state index in [2.05, 4.69) is 10.0 Å². The smallest absolute Gasteiger partial charge is 0.338 e. The Morgan fingerprint density at radius 2 is 1.64 bits per heavy atom. The van der Waals surface area contributed by atoms with Crippen LogP contribution in [-0.2, 0) is 19.6 Å². The van der Waals surface area contributed by atoms with Gasteiger partial charge in [0.1, 0.15) is 4.21 Å². The Balaban J connectivity index is 1.58. The van der Waals surface area contributed by atoms with Crippen LogP contribution in [0, 0.1) is 10.1 Å². The normalized spacial score (nSPS) is 11.9. The Hall–Kier alpha value is -3.48. The molecule has 172 valence electrons. The summed E-state index contributed by atoms with van der Waals surface area (Å²) in [6.07, 6.45) is -1.16. The number of anilines is 2. The number of amides is 1. The van der Waals surface area contributed by atoms with Crippen molar-refractivity contribution in [3.8, 4) is 0 Å². The molecule has 3 aromatic rings. The number of esters is 1. The molecule has 1 atom stereocenters. The molecule has 0 radical (unpaired) electrons. The van der Waals surface area contributed by atoms with Crippen LogP contribution in [0.2, 0.25) is 4.34 Å². The number of nitro benzene ring substituents is 1. The first-order valence-corrected chi connectivity index (χ1v) is 11.9. The molecule has 0 fully saturated rings. The molecule has 0 aliphatic carbocycles. The molecule has 1 heterocycles. The van der Waals surface area contributed by atoms with Gasteiger partial charge in [0.05, 0.1) is 14.8 Å². The van der Waals surface area contributed by atoms with Crippen LogP contribution in [0.25, 0.3) is 0 Å². The van der Waals surface area contributed by atoms with Gasteiger partial charge in [0.25, 0.3) is 21.6 Å². The second kappa shape index (κ2) is 9.98. The Morgan fingerprint density at radius 1 is 1.03 bits per heavy atom. The number of sulfonamides is 1. The molecule has 13 heteroatoms. The standard InChI is InChI=1S/C20H16ClN3O7S2/c1-12(19(25)22-14-6-8-16(9-7-14)24(27)28)31-20(26)13-2-4-15(5-3-13)23-33(29,30)18-11-10-17(21)32-18/h2-12,23H,1H3,(H,22,25)/t12-/m1/s1. The second-order valence-corrected chi connectivity index (χ2v) is 10.2. The number of rotatable bonds is 8. The Bertz CT molecular complexity index is 1290. The Labute approximate surface area is 197 Å². The third kappa shape index (κ3) is 6.28. The number of non-ortho nitro benzene ring substituents is 1. The van der Waals surface area contributed by atoms with Crippen LogP contribution in [-0.4, -0.2) is 31.3 Å². The molecule has 1 amide bonds. The highest BCUT2D eigenvalue weighted by Crippen LogP contribution is 2.27. The van der Waals surface area contributed by atoms with E-state index in [-0.39, 0.29) is 21.1 Å². The molecule has 3 rings (SSSR count). The van der Waals surface area contributed by atoms with E-state index >= 15 is 0 Å². The lowest BCUT2D eigenvalue weighted by Crippen LogP contribution is -2.30. The highest BCUT2D eigenvalue weighted by atomic mass is 35.5. The van der Waals surface area contributed by atoms with Gasteiger partial charge in [-0.1, -0.05) is 11.6 Å². The molecule has 33 heavy (non-hydrogen) atoms. The van der Waals surface area contributed by atoms with Gasteiger partial charge in [-0.25, -0.2) is 13.2 Å². The SMILES string of the molecule is C[C@@H](OC(=O)c1ccc(NS(=O)(=O)c2ccc(Cl)s2)cc1)C(=O)Nc1ccc([N+](=O)[O-])cc1. The molecule has 0 spiro atoms. The molecule has 0 aliphatic rings. The number of nitrogens with zero attached hydrogens (tertiary/aromatic N) is 1. The Morgan fingerprint density at radius 3 is 2.18 bits per heavy atom. The first kappa shape index (κ1) is 24.2. The summed E-state index contributed by atoms with van der Waals surface area (Å²) in [6.45, 7) is 1.37. The average molecular weight is 510 g/mol. The first-order chi connectivity index (χ1) is 15.5. The summed E-state index contributed by atoms with van der Waals surface area (Å²) in [5.74, 6) is -1.42. The number of ether oxygens (including phenoxy) is 1. The minimum absolute atomic E-state index is 0.0452. The Kier molecular flexibility index (Phi) is 7.31. The van der Waals surface area contributed by atoms with Gasteiger partial charge in [0.15, 0.2) is 6.10 Å². The van der Waals surface area contributed by atoms with E-state index in [1.807, 2.05) is 0 Å². The van der Waals surface area contributed by atoms with E-state index < -0.39 is 32.9 Å². The van der Waals surface area contributed by atoms with Gasteiger partial charge in [-0.15, -0.1) is 11.3 Å². The van der Waals surface area contributed by atoms with Crippen LogP contribution < -0.4 is 10.0 Å². The maximum absolute atomic E-state index is 12.3. The van der Waals surface area contributed by atoms with Crippen LogP contribution in [0.15, 0.2) is 64.9 Å². The summed E-state index contributed by atoms with van der Waals surface area (Å²) in [6, 6.07) is 13.5. The van der Waals surface area contributed by atoms with Crippen LogP contribution in [0.3, 0.4) is 0 Å². The summed E-state index contributed by atoms with van der Waals surface area (Å²) in [5.41, 5.74) is 0.502. The molecule has 0 saturated heterocycles. The number of thiophene rings is 1. The molecule has 0 aliphatic heterocycles. The lowest BCUT2D eigenvalue weighted by Gasteiger charge is -2.14. The van der Waals surface area contributed by atoms with Gasteiger partial charge in [-0.3, -0.25) is 19.6 Å². The highest BCUT2D eigenvalue weighted by Gasteiger charge is 2.20. The van der Waals surface area contributed by atoms with Gasteiger partial charge in [0.2, 0.25) is 0 Å². The zero-order chi connectivity index (χ0) is 24.2. The lowest BCUT2D eigenvalue weighted by molar-refractivity contribution is -0.384. The molecule has 0 saturated carbocycles. The fourth-order valence-electron chi connectivity index (χ4n) is 2.51. The number of halogens is 1. The zero-order valence-electron chi connectivity index (χ0n) is 16.9. The van der Waals surface area contributed by atoms with Gasteiger partial charge >= 0.3 is 5.97 Å². The maximum atomic E-state index is 12.3. The lowest BCUT2D eigenvalue weighted by atomic mass is 10.2. The molecule has 0 unspecified atom stereocenters. The molecular weight excluding hydrogens is 494 g/mol. The topological polar surface area (TPSA) is 145 Å². The fraction of sp³-hybridized carbons (Fsp3) is 0.100. The van der Waals surface area contributed by atoms with Crippen molar-refractivity contribution in [2.75, 3.05) is 10.0 Å². The van der Waals surface area contributed by atoms with Crippen molar-refractivity contribution in [2.45, 2.75) is 17.2 Å². The quantitative estimate of drug-likeness (QED) is 0.261. The first-order valence-electron chi connectivity index (χ1n) is 9.20. The van der Waals surface area contributed by atoms with E-state index in [9.17, 15) is 28.1 Å². The van der Waals surface area contributed by atoms with Gasteiger partial charge in [0, 0.05) is 23.5 Å². The number of carbonyl (C=O) groups is 2. The zero-order valence-corrected chi connectivity index (χ0v) is 19.2. The maximum Gasteiger partial charge on any atom is 0.338 e. The number of nitro groups is 1. The van der Waals surface area contributed by atoms with E-state index in [4.69, 9.17) is 16.3 Å². The van der Waals surface area contributed by atoms with Crippen molar-refractivity contribution in [2.24, 2.45) is 0 Å². The predicted octanol–water partition coefficient (Wildman–Crippen LogP) is 4.29. The third-order valence-electron chi connectivity index (χ3n) is 4.18. The number of hydrogen-bond donors (Lipinski definition) is 2. The fourth-order valence-corrected chi connectivity index (χ4v) is 5.06. The van der Waals surface area contributed by atoms with Crippen LogP contribution >= 0.6 is 22.9 Å². The molecular formula is C20H16ClN3O7S2. The molecule has 2 aromatic carbocycles. The summed E-state index contributed by atoms with van der Waals surface area (Å²) in [7, 11) is -3.82. The highest BCUT2D eigenvalue weighted by molar-refractivity contribution is 7.94. The van der Waals surface area contributed by atoms with Gasteiger partial charge in [-0.05, 0) is 55.5 Å². The summed E-state index contributed by atoms with van der Waals surface area (Å²) in [4.78, 5) is 34.7. The van der Waals surface area contributed by atoms with Crippen LogP contribution in [0.5, 0.6) is 0 Å². The van der Waals surface area contributed by atoms with E-state index in [1.165, 1.54) is 67.6 Å².